The molecule has 2 aromatic heterocycles. The van der Waals surface area contributed by atoms with Crippen LogP contribution in [0.1, 0.15) is 29.8 Å². The fourth-order valence-corrected chi connectivity index (χ4v) is 3.34. The average Bonchev–Trinajstić information content (AvgIpc) is 3.43. The van der Waals surface area contributed by atoms with Gasteiger partial charge < -0.3 is 19.5 Å². The summed E-state index contributed by atoms with van der Waals surface area (Å²) in [5.41, 5.74) is 3.15. The van der Waals surface area contributed by atoms with Gasteiger partial charge >= 0.3 is 0 Å². The van der Waals surface area contributed by atoms with E-state index in [1.54, 1.807) is 13.4 Å². The van der Waals surface area contributed by atoms with Gasteiger partial charge in [0.05, 0.1) is 37.4 Å². The minimum absolute atomic E-state index is 0.253. The predicted molar refractivity (Wildman–Crippen MR) is 95.3 cm³/mol. The topological polar surface area (TPSA) is 85.2 Å². The van der Waals surface area contributed by atoms with Gasteiger partial charge in [-0.1, -0.05) is 0 Å². The highest BCUT2D eigenvalue weighted by Crippen LogP contribution is 2.33. The van der Waals surface area contributed by atoms with E-state index in [0.717, 1.165) is 55.1 Å². The smallest absolute Gasteiger partial charge is 0.226 e. The molecule has 138 valence electrons. The number of fused-ring (bicyclic) bond motifs is 1. The monoisotopic (exact) mass is 356 g/mol. The summed E-state index contributed by atoms with van der Waals surface area (Å²) in [4.78, 5) is 27.3. The largest absolute Gasteiger partial charge is 0.383 e. The second-order valence-electron chi connectivity index (χ2n) is 6.86. The summed E-state index contributed by atoms with van der Waals surface area (Å²) in [6.45, 7) is 3.40. The van der Waals surface area contributed by atoms with Crippen molar-refractivity contribution in [1.82, 2.24) is 24.4 Å². The number of ether oxygens (including phenoxy) is 1. The number of anilines is 1. The molecule has 1 saturated carbocycles. The Bertz CT molecular complexity index is 786. The summed E-state index contributed by atoms with van der Waals surface area (Å²) < 4.78 is 7.21. The van der Waals surface area contributed by atoms with E-state index in [4.69, 9.17) is 4.74 Å². The molecular weight excluding hydrogens is 332 g/mol. The summed E-state index contributed by atoms with van der Waals surface area (Å²) >= 11 is 0. The van der Waals surface area contributed by atoms with Crippen molar-refractivity contribution in [3.8, 4) is 0 Å². The first-order valence-corrected chi connectivity index (χ1v) is 9.09. The van der Waals surface area contributed by atoms with Gasteiger partial charge in [0.1, 0.15) is 12.1 Å². The molecule has 3 heterocycles. The SMILES string of the molecule is COCCn1cncc1CNc1ncnc2c1CCN(C(=O)C1CC1)C2. The third kappa shape index (κ3) is 3.55. The zero-order chi connectivity index (χ0) is 17.9. The van der Waals surface area contributed by atoms with Crippen molar-refractivity contribution in [2.75, 3.05) is 25.6 Å². The lowest BCUT2D eigenvalue weighted by molar-refractivity contribution is -0.133. The Kier molecular flexibility index (Phi) is 4.83. The number of hydrogen-bond acceptors (Lipinski definition) is 6. The molecule has 1 aliphatic carbocycles. The van der Waals surface area contributed by atoms with Crippen LogP contribution < -0.4 is 5.32 Å². The maximum absolute atomic E-state index is 12.3. The van der Waals surface area contributed by atoms with E-state index in [9.17, 15) is 4.79 Å². The van der Waals surface area contributed by atoms with E-state index in [0.29, 0.717) is 19.7 Å². The van der Waals surface area contributed by atoms with Crippen LogP contribution in [-0.2, 0) is 35.6 Å². The van der Waals surface area contributed by atoms with Gasteiger partial charge in [-0.25, -0.2) is 15.0 Å². The Morgan fingerprint density at radius 3 is 3.08 bits per heavy atom. The van der Waals surface area contributed by atoms with Crippen molar-refractivity contribution in [3.63, 3.8) is 0 Å². The first kappa shape index (κ1) is 17.0. The summed E-state index contributed by atoms with van der Waals surface area (Å²) in [5.74, 6) is 1.39. The van der Waals surface area contributed by atoms with Crippen LogP contribution in [0.15, 0.2) is 18.9 Å². The molecule has 8 heteroatoms. The molecule has 2 aliphatic rings. The molecule has 8 nitrogen and oxygen atoms in total. The minimum Gasteiger partial charge on any atom is -0.383 e. The number of nitrogens with one attached hydrogen (secondary N) is 1. The van der Waals surface area contributed by atoms with E-state index in [2.05, 4.69) is 24.8 Å². The lowest BCUT2D eigenvalue weighted by Gasteiger charge is -2.29. The molecule has 0 radical (unpaired) electrons. The van der Waals surface area contributed by atoms with Crippen molar-refractivity contribution in [2.24, 2.45) is 5.92 Å². The lowest BCUT2D eigenvalue weighted by atomic mass is 10.0. The summed E-state index contributed by atoms with van der Waals surface area (Å²) in [6.07, 6.45) is 8.11. The maximum atomic E-state index is 12.3. The average molecular weight is 356 g/mol. The van der Waals surface area contributed by atoms with Crippen LogP contribution in [0, 0.1) is 5.92 Å². The molecule has 4 rings (SSSR count). The van der Waals surface area contributed by atoms with E-state index in [-0.39, 0.29) is 11.8 Å². The van der Waals surface area contributed by atoms with Gasteiger partial charge in [-0.2, -0.15) is 0 Å². The first-order valence-electron chi connectivity index (χ1n) is 9.09. The van der Waals surface area contributed by atoms with Gasteiger partial charge in [0, 0.05) is 37.9 Å². The Hall–Kier alpha value is -2.48. The van der Waals surface area contributed by atoms with Crippen molar-refractivity contribution in [1.29, 1.82) is 0 Å². The molecular formula is C18H24N6O2. The number of rotatable bonds is 7. The number of amides is 1. The molecule has 0 saturated heterocycles. The van der Waals surface area contributed by atoms with Crippen molar-refractivity contribution in [3.05, 3.63) is 35.8 Å². The number of methoxy groups -OCH3 is 1. The highest BCUT2D eigenvalue weighted by molar-refractivity contribution is 5.81. The number of imidazole rings is 1. The fraction of sp³-hybridized carbons (Fsp3) is 0.556. The van der Waals surface area contributed by atoms with Crippen LogP contribution in [-0.4, -0.2) is 50.6 Å². The molecule has 1 fully saturated rings. The third-order valence-electron chi connectivity index (χ3n) is 5.02. The molecule has 0 aromatic carbocycles. The Balaban J connectivity index is 1.43. The quantitative estimate of drug-likeness (QED) is 0.803. The zero-order valence-electron chi connectivity index (χ0n) is 15.0. The van der Waals surface area contributed by atoms with E-state index >= 15 is 0 Å². The number of hydrogen-bond donors (Lipinski definition) is 1. The summed E-state index contributed by atoms with van der Waals surface area (Å²) in [5, 5.41) is 3.41. The van der Waals surface area contributed by atoms with Gasteiger partial charge in [0.2, 0.25) is 5.91 Å². The second kappa shape index (κ2) is 7.41. The Morgan fingerprint density at radius 2 is 2.27 bits per heavy atom. The van der Waals surface area contributed by atoms with Crippen molar-refractivity contribution >= 4 is 11.7 Å². The second-order valence-corrected chi connectivity index (χ2v) is 6.86. The normalized spacial score (nSPS) is 16.4. The number of carbonyl (C=O) groups excluding carboxylic acids is 1. The van der Waals surface area contributed by atoms with Gasteiger partial charge in [-0.15, -0.1) is 0 Å². The molecule has 1 aliphatic heterocycles. The number of carbonyl (C=O) groups is 1. The van der Waals surface area contributed by atoms with Crippen LogP contribution in [0.2, 0.25) is 0 Å². The van der Waals surface area contributed by atoms with E-state index < -0.39 is 0 Å². The summed E-state index contributed by atoms with van der Waals surface area (Å²) in [7, 11) is 1.69. The van der Waals surface area contributed by atoms with Crippen LogP contribution in [0.5, 0.6) is 0 Å². The van der Waals surface area contributed by atoms with E-state index in [1.165, 1.54) is 0 Å². The zero-order valence-corrected chi connectivity index (χ0v) is 15.0. The first-order chi connectivity index (χ1) is 12.8. The van der Waals surface area contributed by atoms with Crippen LogP contribution in [0.3, 0.4) is 0 Å². The molecule has 2 aromatic rings. The van der Waals surface area contributed by atoms with Crippen LogP contribution in [0.4, 0.5) is 5.82 Å². The Morgan fingerprint density at radius 1 is 1.38 bits per heavy atom. The van der Waals surface area contributed by atoms with E-state index in [1.807, 2.05) is 17.4 Å². The standard InChI is InChI=1S/C18H24N6O2/c1-26-7-6-24-12-19-8-14(24)9-20-17-15-4-5-23(18(25)13-2-3-13)10-16(15)21-11-22-17/h8,11-13H,2-7,9-10H2,1H3,(H,20,21,22). The van der Waals surface area contributed by atoms with Gasteiger partial charge in [0.15, 0.2) is 0 Å². The molecule has 0 bridgehead atoms. The third-order valence-corrected chi connectivity index (χ3v) is 5.02. The fourth-order valence-electron chi connectivity index (χ4n) is 3.34. The highest BCUT2D eigenvalue weighted by Gasteiger charge is 2.35. The number of aromatic nitrogens is 4. The maximum Gasteiger partial charge on any atom is 0.226 e. The molecule has 1 N–H and O–H groups in total. The predicted octanol–water partition coefficient (Wildman–Crippen LogP) is 1.23. The molecule has 26 heavy (non-hydrogen) atoms. The van der Waals surface area contributed by atoms with Crippen LogP contribution >= 0.6 is 0 Å². The Labute approximate surface area is 152 Å². The lowest BCUT2D eigenvalue weighted by Crippen LogP contribution is -2.37. The highest BCUT2D eigenvalue weighted by atomic mass is 16.5. The van der Waals surface area contributed by atoms with Crippen molar-refractivity contribution in [2.45, 2.75) is 38.9 Å². The number of nitrogens with zero attached hydrogens (tertiary/aromatic N) is 5. The molecule has 0 unspecified atom stereocenters. The van der Waals surface area contributed by atoms with Gasteiger partial charge in [0.25, 0.3) is 0 Å². The van der Waals surface area contributed by atoms with Crippen LogP contribution in [0.25, 0.3) is 0 Å². The van der Waals surface area contributed by atoms with Gasteiger partial charge in [-0.3, -0.25) is 4.79 Å². The summed E-state index contributed by atoms with van der Waals surface area (Å²) in [6, 6.07) is 0. The van der Waals surface area contributed by atoms with Gasteiger partial charge in [-0.05, 0) is 19.3 Å². The molecule has 1 amide bonds. The van der Waals surface area contributed by atoms with Crippen molar-refractivity contribution < 1.29 is 9.53 Å². The minimum atomic E-state index is 0.253. The molecule has 0 spiro atoms. The molecule has 0 atom stereocenters.